The first-order valence-corrected chi connectivity index (χ1v) is 8.54. The summed E-state index contributed by atoms with van der Waals surface area (Å²) in [7, 11) is 0. The van der Waals surface area contributed by atoms with Gasteiger partial charge in [0.05, 0.1) is 12.2 Å². The summed E-state index contributed by atoms with van der Waals surface area (Å²) in [5, 5.41) is 2.78. The van der Waals surface area contributed by atoms with Gasteiger partial charge in [-0.05, 0) is 19.4 Å². The third kappa shape index (κ3) is 1.97. The third-order valence-electron chi connectivity index (χ3n) is 4.99. The lowest BCUT2D eigenvalue weighted by molar-refractivity contribution is -0.141. The number of ether oxygens (including phenoxy) is 2. The highest BCUT2D eigenvalue weighted by Crippen LogP contribution is 2.54. The number of para-hydroxylation sites is 1. The fourth-order valence-corrected chi connectivity index (χ4v) is 4.04. The van der Waals surface area contributed by atoms with Gasteiger partial charge in [0.25, 0.3) is 0 Å². The van der Waals surface area contributed by atoms with Crippen LogP contribution in [0.4, 0.5) is 5.69 Å². The molecule has 0 aromatic heterocycles. The van der Waals surface area contributed by atoms with Crippen molar-refractivity contribution in [1.29, 1.82) is 0 Å². The summed E-state index contributed by atoms with van der Waals surface area (Å²) >= 11 is 0. The minimum absolute atomic E-state index is 0.106. The van der Waals surface area contributed by atoms with Gasteiger partial charge >= 0.3 is 5.97 Å². The van der Waals surface area contributed by atoms with E-state index in [1.165, 1.54) is 0 Å². The third-order valence-corrected chi connectivity index (χ3v) is 4.99. The van der Waals surface area contributed by atoms with Crippen molar-refractivity contribution in [3.05, 3.63) is 52.6 Å². The number of rotatable bonds is 2. The van der Waals surface area contributed by atoms with Gasteiger partial charge in [-0.1, -0.05) is 18.2 Å². The zero-order chi connectivity index (χ0) is 18.5. The van der Waals surface area contributed by atoms with E-state index < -0.39 is 17.3 Å². The number of benzene rings is 1. The van der Waals surface area contributed by atoms with Crippen molar-refractivity contribution in [3.8, 4) is 0 Å². The van der Waals surface area contributed by atoms with Crippen LogP contribution in [-0.2, 0) is 29.3 Å². The lowest BCUT2D eigenvalue weighted by atomic mass is 9.65. The summed E-state index contributed by atoms with van der Waals surface area (Å²) in [6.45, 7) is 1.76. The van der Waals surface area contributed by atoms with Crippen molar-refractivity contribution in [2.24, 2.45) is 5.73 Å². The van der Waals surface area contributed by atoms with Crippen LogP contribution < -0.4 is 11.1 Å². The summed E-state index contributed by atoms with van der Waals surface area (Å²) in [4.78, 5) is 38.8. The first-order valence-electron chi connectivity index (χ1n) is 8.54. The number of amides is 1. The standard InChI is InChI=1S/C19H18N2O5/c1-2-25-17(23)15-16(20)26-13-9-5-8-12(22)14(13)19(15)10-6-3-4-7-11(10)21-18(19)24/h3-4,6-7H,2,5,8-9,20H2,1H3,(H,21,24)/t19-/m0/s1. The minimum Gasteiger partial charge on any atom is -0.462 e. The summed E-state index contributed by atoms with van der Waals surface area (Å²) in [5.41, 5.74) is 5.57. The van der Waals surface area contributed by atoms with E-state index >= 15 is 0 Å². The number of ketones is 1. The second-order valence-corrected chi connectivity index (χ2v) is 6.39. The van der Waals surface area contributed by atoms with Gasteiger partial charge in [0.2, 0.25) is 11.8 Å². The van der Waals surface area contributed by atoms with E-state index in [1.807, 2.05) is 0 Å². The van der Waals surface area contributed by atoms with E-state index in [1.54, 1.807) is 31.2 Å². The van der Waals surface area contributed by atoms with Gasteiger partial charge in [-0.2, -0.15) is 0 Å². The molecule has 0 bridgehead atoms. The number of Topliss-reactive ketones (excluding diaryl/α,β-unsaturated/α-hetero) is 1. The topological polar surface area (TPSA) is 108 Å². The zero-order valence-corrected chi connectivity index (χ0v) is 14.3. The Morgan fingerprint density at radius 1 is 1.31 bits per heavy atom. The van der Waals surface area contributed by atoms with Crippen LogP contribution in [0.3, 0.4) is 0 Å². The summed E-state index contributed by atoms with van der Waals surface area (Å²) in [5.74, 6) is -1.30. The molecule has 2 heterocycles. The molecule has 3 aliphatic rings. The molecule has 0 radical (unpaired) electrons. The highest BCUT2D eigenvalue weighted by Gasteiger charge is 2.61. The minimum atomic E-state index is -1.63. The molecule has 1 aliphatic carbocycles. The normalized spacial score (nSPS) is 24.2. The molecule has 1 atom stereocenters. The van der Waals surface area contributed by atoms with Gasteiger partial charge in [-0.15, -0.1) is 0 Å². The largest absolute Gasteiger partial charge is 0.462 e. The molecule has 0 saturated carbocycles. The molecule has 1 spiro atoms. The molecule has 0 saturated heterocycles. The number of esters is 1. The van der Waals surface area contributed by atoms with Crippen molar-refractivity contribution in [1.82, 2.24) is 0 Å². The second-order valence-electron chi connectivity index (χ2n) is 6.39. The van der Waals surface area contributed by atoms with Crippen molar-refractivity contribution in [2.75, 3.05) is 11.9 Å². The fraction of sp³-hybridized carbons (Fsp3) is 0.316. The molecule has 3 N–H and O–H groups in total. The number of hydrogen-bond donors (Lipinski definition) is 2. The summed E-state index contributed by atoms with van der Waals surface area (Å²) in [6.07, 6.45) is 1.38. The first kappa shape index (κ1) is 16.4. The number of carbonyl (C=O) groups is 3. The van der Waals surface area contributed by atoms with E-state index in [4.69, 9.17) is 15.2 Å². The van der Waals surface area contributed by atoms with Gasteiger partial charge in [0, 0.05) is 24.1 Å². The molecule has 4 rings (SSSR count). The first-order chi connectivity index (χ1) is 12.5. The Morgan fingerprint density at radius 3 is 2.85 bits per heavy atom. The molecule has 0 fully saturated rings. The van der Waals surface area contributed by atoms with Crippen LogP contribution in [0, 0.1) is 0 Å². The predicted molar refractivity (Wildman–Crippen MR) is 91.6 cm³/mol. The number of hydrogen-bond acceptors (Lipinski definition) is 6. The van der Waals surface area contributed by atoms with Gasteiger partial charge in [-0.3, -0.25) is 9.59 Å². The van der Waals surface area contributed by atoms with Crippen molar-refractivity contribution in [2.45, 2.75) is 31.6 Å². The van der Waals surface area contributed by atoms with E-state index in [0.717, 1.165) is 0 Å². The number of carbonyl (C=O) groups excluding carboxylic acids is 3. The molecule has 1 aromatic rings. The monoisotopic (exact) mass is 354 g/mol. The van der Waals surface area contributed by atoms with Crippen molar-refractivity contribution < 1.29 is 23.9 Å². The molecule has 7 nitrogen and oxygen atoms in total. The molecule has 26 heavy (non-hydrogen) atoms. The Morgan fingerprint density at radius 2 is 2.08 bits per heavy atom. The number of allylic oxidation sites excluding steroid dienone is 1. The van der Waals surface area contributed by atoms with Crippen LogP contribution in [0.1, 0.15) is 31.7 Å². The highest BCUT2D eigenvalue weighted by atomic mass is 16.5. The Bertz CT molecular complexity index is 914. The second kappa shape index (κ2) is 5.72. The van der Waals surface area contributed by atoms with Crippen LogP contribution in [0.5, 0.6) is 0 Å². The molecule has 134 valence electrons. The Balaban J connectivity index is 2.07. The Hall–Kier alpha value is -3.09. The van der Waals surface area contributed by atoms with Gasteiger partial charge in [0.1, 0.15) is 16.7 Å². The van der Waals surface area contributed by atoms with E-state index in [-0.39, 0.29) is 35.8 Å². The SMILES string of the molecule is CCOC(=O)C1=C(N)OC2=C(C(=O)CCC2)[C@]12C(=O)Nc1ccccc12. The van der Waals surface area contributed by atoms with Gasteiger partial charge in [0.15, 0.2) is 5.78 Å². The zero-order valence-electron chi connectivity index (χ0n) is 14.3. The maximum atomic E-state index is 13.2. The van der Waals surface area contributed by atoms with Crippen LogP contribution in [0.2, 0.25) is 0 Å². The number of anilines is 1. The molecule has 7 heteroatoms. The van der Waals surface area contributed by atoms with Gasteiger partial charge in [-0.25, -0.2) is 4.79 Å². The van der Waals surface area contributed by atoms with E-state index in [0.29, 0.717) is 29.9 Å². The Labute approximate surface area is 149 Å². The molecule has 1 amide bonds. The molecule has 0 unspecified atom stereocenters. The molecule has 1 aromatic carbocycles. The van der Waals surface area contributed by atoms with Gasteiger partial charge < -0.3 is 20.5 Å². The predicted octanol–water partition coefficient (Wildman–Crippen LogP) is 1.65. The number of fused-ring (bicyclic) bond motifs is 3. The molecule has 2 aliphatic heterocycles. The van der Waals surface area contributed by atoms with E-state index in [9.17, 15) is 14.4 Å². The summed E-state index contributed by atoms with van der Waals surface area (Å²) < 4.78 is 10.8. The fourth-order valence-electron chi connectivity index (χ4n) is 4.04. The van der Waals surface area contributed by atoms with Crippen LogP contribution in [0.25, 0.3) is 0 Å². The molecular weight excluding hydrogens is 336 g/mol. The van der Waals surface area contributed by atoms with Crippen LogP contribution in [-0.4, -0.2) is 24.3 Å². The lowest BCUT2D eigenvalue weighted by Gasteiger charge is -2.38. The highest BCUT2D eigenvalue weighted by molar-refractivity contribution is 6.22. The maximum absolute atomic E-state index is 13.2. The number of nitrogens with two attached hydrogens (primary N) is 1. The lowest BCUT2D eigenvalue weighted by Crippen LogP contribution is -2.49. The molecular formula is C19H18N2O5. The smallest absolute Gasteiger partial charge is 0.341 e. The average molecular weight is 354 g/mol. The Kier molecular flexibility index (Phi) is 3.61. The van der Waals surface area contributed by atoms with Crippen molar-refractivity contribution in [3.63, 3.8) is 0 Å². The van der Waals surface area contributed by atoms with Crippen LogP contribution in [0.15, 0.2) is 47.1 Å². The maximum Gasteiger partial charge on any atom is 0.341 e. The van der Waals surface area contributed by atoms with E-state index in [2.05, 4.69) is 5.32 Å². The van der Waals surface area contributed by atoms with Crippen LogP contribution >= 0.6 is 0 Å². The summed E-state index contributed by atoms with van der Waals surface area (Å²) in [6, 6.07) is 6.97. The van der Waals surface area contributed by atoms with Crippen molar-refractivity contribution >= 4 is 23.3 Å². The quantitative estimate of drug-likeness (QED) is 0.782. The average Bonchev–Trinajstić information content (AvgIpc) is 2.88. The number of nitrogens with one attached hydrogen (secondary N) is 1.